The Kier molecular flexibility index (Phi) is 4.27. The molecular weight excluding hydrogens is 404 g/mol. The SMILES string of the molecule is N#Cc1c(-c2cccc3ccccc23)cc(-c2cc(Br)ccc2O)[nH]c1=O. The Labute approximate surface area is 163 Å². The van der Waals surface area contributed by atoms with E-state index in [1.54, 1.807) is 24.3 Å². The molecule has 4 rings (SSSR count). The fraction of sp³-hybridized carbons (Fsp3) is 0. The number of halogens is 1. The first-order chi connectivity index (χ1) is 13.1. The number of phenols is 1. The topological polar surface area (TPSA) is 76.9 Å². The van der Waals surface area contributed by atoms with Crippen molar-refractivity contribution in [2.45, 2.75) is 0 Å². The smallest absolute Gasteiger partial charge is 0.266 e. The normalized spacial score (nSPS) is 10.7. The number of benzene rings is 3. The van der Waals surface area contributed by atoms with Gasteiger partial charge in [-0.1, -0.05) is 58.4 Å². The van der Waals surface area contributed by atoms with E-state index in [0.717, 1.165) is 20.8 Å². The largest absolute Gasteiger partial charge is 0.507 e. The fourth-order valence-electron chi connectivity index (χ4n) is 3.21. The number of phenolic OH excluding ortho intramolecular Hbond substituents is 1. The highest BCUT2D eigenvalue weighted by Gasteiger charge is 2.16. The summed E-state index contributed by atoms with van der Waals surface area (Å²) in [7, 11) is 0. The number of nitriles is 1. The van der Waals surface area contributed by atoms with Crippen molar-refractivity contribution in [3.8, 4) is 34.2 Å². The van der Waals surface area contributed by atoms with Gasteiger partial charge in [-0.2, -0.15) is 5.26 Å². The first-order valence-corrected chi connectivity index (χ1v) is 9.02. The molecule has 130 valence electrons. The van der Waals surface area contributed by atoms with Crippen LogP contribution in [0.25, 0.3) is 33.2 Å². The molecule has 0 fully saturated rings. The number of pyridine rings is 1. The zero-order valence-electron chi connectivity index (χ0n) is 14.0. The highest BCUT2D eigenvalue weighted by molar-refractivity contribution is 9.10. The quantitative estimate of drug-likeness (QED) is 0.471. The molecule has 0 unspecified atom stereocenters. The predicted octanol–water partition coefficient (Wildman–Crippen LogP) is 5.20. The standard InChI is InChI=1S/C22H13BrN2O2/c23-14-8-9-21(26)18(10-14)20-11-17(19(12-24)22(27)25-20)16-7-3-5-13-4-1-2-6-15(13)16/h1-11,26H,(H,25,27). The lowest BCUT2D eigenvalue weighted by atomic mass is 9.94. The van der Waals surface area contributed by atoms with Gasteiger partial charge in [0.25, 0.3) is 5.56 Å². The van der Waals surface area contributed by atoms with E-state index in [1.807, 2.05) is 48.5 Å². The van der Waals surface area contributed by atoms with Gasteiger partial charge in [0.15, 0.2) is 0 Å². The summed E-state index contributed by atoms with van der Waals surface area (Å²) in [5, 5.41) is 21.8. The van der Waals surface area contributed by atoms with Crippen molar-refractivity contribution in [1.29, 1.82) is 5.26 Å². The molecule has 0 aliphatic heterocycles. The van der Waals surface area contributed by atoms with Crippen molar-refractivity contribution < 1.29 is 5.11 Å². The lowest BCUT2D eigenvalue weighted by molar-refractivity contribution is 0.477. The van der Waals surface area contributed by atoms with Gasteiger partial charge in [-0.25, -0.2) is 0 Å². The Morgan fingerprint density at radius 1 is 0.926 bits per heavy atom. The maximum Gasteiger partial charge on any atom is 0.266 e. The number of rotatable bonds is 2. The summed E-state index contributed by atoms with van der Waals surface area (Å²) in [6.07, 6.45) is 0. The lowest BCUT2D eigenvalue weighted by Gasteiger charge is -2.12. The van der Waals surface area contributed by atoms with Crippen LogP contribution >= 0.6 is 15.9 Å². The minimum absolute atomic E-state index is 0.0439. The van der Waals surface area contributed by atoms with E-state index >= 15 is 0 Å². The number of nitrogens with zero attached hydrogens (tertiary/aromatic N) is 1. The molecule has 1 aromatic heterocycles. The van der Waals surface area contributed by atoms with Gasteiger partial charge >= 0.3 is 0 Å². The Balaban J connectivity index is 2.06. The van der Waals surface area contributed by atoms with Crippen molar-refractivity contribution in [2.75, 3.05) is 0 Å². The summed E-state index contributed by atoms with van der Waals surface area (Å²) in [5.74, 6) is 0.0439. The molecule has 0 bridgehead atoms. The number of aromatic hydroxyl groups is 1. The van der Waals surface area contributed by atoms with Crippen molar-refractivity contribution in [3.63, 3.8) is 0 Å². The van der Waals surface area contributed by atoms with Gasteiger partial charge in [0.2, 0.25) is 0 Å². The number of fused-ring (bicyclic) bond motifs is 1. The molecule has 3 aromatic carbocycles. The van der Waals surface area contributed by atoms with Crippen LogP contribution in [0.5, 0.6) is 5.75 Å². The molecule has 0 saturated carbocycles. The molecule has 1 heterocycles. The van der Waals surface area contributed by atoms with Gasteiger partial charge < -0.3 is 10.1 Å². The van der Waals surface area contributed by atoms with Crippen LogP contribution < -0.4 is 5.56 Å². The van der Waals surface area contributed by atoms with E-state index in [4.69, 9.17) is 0 Å². The van der Waals surface area contributed by atoms with E-state index in [2.05, 4.69) is 20.9 Å². The second kappa shape index (κ2) is 6.75. The predicted molar refractivity (Wildman–Crippen MR) is 110 cm³/mol. The van der Waals surface area contributed by atoms with E-state index < -0.39 is 5.56 Å². The summed E-state index contributed by atoms with van der Waals surface area (Å²) >= 11 is 3.38. The molecule has 0 saturated heterocycles. The summed E-state index contributed by atoms with van der Waals surface area (Å²) in [4.78, 5) is 15.3. The number of hydrogen-bond acceptors (Lipinski definition) is 3. The zero-order valence-corrected chi connectivity index (χ0v) is 15.6. The third-order valence-electron chi connectivity index (χ3n) is 4.47. The highest BCUT2D eigenvalue weighted by atomic mass is 79.9. The van der Waals surface area contributed by atoms with Crippen LogP contribution in [0.1, 0.15) is 5.56 Å². The van der Waals surface area contributed by atoms with E-state index in [9.17, 15) is 15.2 Å². The van der Waals surface area contributed by atoms with Gasteiger partial charge in [-0.15, -0.1) is 0 Å². The third-order valence-corrected chi connectivity index (χ3v) is 4.97. The second-order valence-corrected chi connectivity index (χ2v) is 7.02. The van der Waals surface area contributed by atoms with Crippen LogP contribution in [0.2, 0.25) is 0 Å². The maximum absolute atomic E-state index is 12.6. The molecule has 27 heavy (non-hydrogen) atoms. The maximum atomic E-state index is 12.6. The van der Waals surface area contributed by atoms with Crippen LogP contribution in [0, 0.1) is 11.3 Å². The zero-order chi connectivity index (χ0) is 19.0. The summed E-state index contributed by atoms with van der Waals surface area (Å²) in [5.41, 5.74) is 1.81. The van der Waals surface area contributed by atoms with E-state index in [0.29, 0.717) is 16.8 Å². The Hall–Kier alpha value is -3.36. The molecule has 5 heteroatoms. The van der Waals surface area contributed by atoms with Crippen molar-refractivity contribution in [2.24, 2.45) is 0 Å². The van der Waals surface area contributed by atoms with Crippen LogP contribution in [-0.2, 0) is 0 Å². The average Bonchev–Trinajstić information content (AvgIpc) is 2.68. The Morgan fingerprint density at radius 2 is 1.70 bits per heavy atom. The van der Waals surface area contributed by atoms with Crippen LogP contribution in [0.15, 0.2) is 76.0 Å². The highest BCUT2D eigenvalue weighted by Crippen LogP contribution is 2.35. The molecule has 0 spiro atoms. The minimum Gasteiger partial charge on any atom is -0.507 e. The molecule has 0 aliphatic carbocycles. The van der Waals surface area contributed by atoms with Crippen LogP contribution in [0.3, 0.4) is 0 Å². The second-order valence-electron chi connectivity index (χ2n) is 6.10. The fourth-order valence-corrected chi connectivity index (χ4v) is 3.57. The van der Waals surface area contributed by atoms with Crippen molar-refractivity contribution >= 4 is 26.7 Å². The third kappa shape index (κ3) is 3.01. The lowest BCUT2D eigenvalue weighted by Crippen LogP contribution is -2.12. The number of nitrogens with one attached hydrogen (secondary N) is 1. The summed E-state index contributed by atoms with van der Waals surface area (Å²) < 4.78 is 0.771. The van der Waals surface area contributed by atoms with E-state index in [1.165, 1.54) is 0 Å². The molecule has 0 amide bonds. The van der Waals surface area contributed by atoms with E-state index in [-0.39, 0.29) is 11.3 Å². The molecule has 0 atom stereocenters. The minimum atomic E-state index is -0.489. The number of aromatic amines is 1. The van der Waals surface area contributed by atoms with Crippen LogP contribution in [0.4, 0.5) is 0 Å². The van der Waals surface area contributed by atoms with Gasteiger partial charge in [-0.05, 0) is 40.6 Å². The Bertz CT molecular complexity index is 1280. The first kappa shape index (κ1) is 17.1. The van der Waals surface area contributed by atoms with Gasteiger partial charge in [0.05, 0.1) is 5.69 Å². The number of H-pyrrole nitrogens is 1. The van der Waals surface area contributed by atoms with Crippen LogP contribution in [-0.4, -0.2) is 10.1 Å². The van der Waals surface area contributed by atoms with Gasteiger partial charge in [0.1, 0.15) is 17.4 Å². The summed E-state index contributed by atoms with van der Waals surface area (Å²) in [6.45, 7) is 0. The molecule has 4 nitrogen and oxygen atoms in total. The van der Waals surface area contributed by atoms with Crippen molar-refractivity contribution in [1.82, 2.24) is 4.98 Å². The number of hydrogen-bond donors (Lipinski definition) is 2. The molecule has 2 N–H and O–H groups in total. The summed E-state index contributed by atoms with van der Waals surface area (Å²) in [6, 6.07) is 22.3. The Morgan fingerprint density at radius 3 is 2.52 bits per heavy atom. The molecular formula is C22H13BrN2O2. The van der Waals surface area contributed by atoms with Gasteiger partial charge in [0, 0.05) is 15.6 Å². The monoisotopic (exact) mass is 416 g/mol. The number of aromatic nitrogens is 1. The first-order valence-electron chi connectivity index (χ1n) is 8.23. The average molecular weight is 417 g/mol. The molecule has 4 aromatic rings. The molecule has 0 radical (unpaired) electrons. The van der Waals surface area contributed by atoms with Crippen molar-refractivity contribution in [3.05, 3.63) is 87.1 Å². The van der Waals surface area contributed by atoms with Gasteiger partial charge in [-0.3, -0.25) is 4.79 Å². The molecule has 0 aliphatic rings.